The number of fused-ring (bicyclic) bond motifs is 2. The Kier molecular flexibility index (Phi) is 4.73. The van der Waals surface area contributed by atoms with Crippen molar-refractivity contribution in [2.75, 3.05) is 5.43 Å². The summed E-state index contributed by atoms with van der Waals surface area (Å²) in [6.07, 6.45) is 1.63. The van der Waals surface area contributed by atoms with E-state index >= 15 is 0 Å². The van der Waals surface area contributed by atoms with Crippen LogP contribution in [0.4, 0.5) is 5.69 Å². The van der Waals surface area contributed by atoms with Crippen LogP contribution in [0, 0.1) is 0 Å². The zero-order valence-corrected chi connectivity index (χ0v) is 16.3. The molecule has 0 saturated carbocycles. The summed E-state index contributed by atoms with van der Waals surface area (Å²) in [5.74, 6) is 2.18. The lowest BCUT2D eigenvalue weighted by atomic mass is 10.1. The lowest BCUT2D eigenvalue weighted by Crippen LogP contribution is -2.32. The van der Waals surface area contributed by atoms with Gasteiger partial charge in [-0.1, -0.05) is 30.3 Å². The molecule has 0 bridgehead atoms. The minimum absolute atomic E-state index is 0.00888. The average molecular weight is 396 g/mol. The summed E-state index contributed by atoms with van der Waals surface area (Å²) >= 11 is 0. The predicted molar refractivity (Wildman–Crippen MR) is 118 cm³/mol. The molecule has 0 spiro atoms. The van der Waals surface area contributed by atoms with E-state index in [1.807, 2.05) is 78.9 Å². The number of hydrogen-bond acceptors (Lipinski definition) is 5. The quantitative estimate of drug-likeness (QED) is 0.503. The lowest BCUT2D eigenvalue weighted by Gasteiger charge is -2.19. The van der Waals surface area contributed by atoms with Crippen molar-refractivity contribution in [3.63, 3.8) is 0 Å². The standard InChI is InChI=1S/C24H20N4O2/c29-24-20-9-4-5-10-21(20)25-23-22(11-6-16-28(23)24)27-26-17-12-14-19(15-13-17)30-18-7-2-1-3-8-18/h1-5,7-10,12-15,26H,6,11,16H2. The monoisotopic (exact) mass is 396 g/mol. The number of anilines is 1. The Bertz CT molecular complexity index is 1280. The molecule has 1 N–H and O–H groups in total. The Morgan fingerprint density at radius 2 is 1.63 bits per heavy atom. The van der Waals surface area contributed by atoms with Crippen LogP contribution < -0.4 is 15.7 Å². The molecule has 0 unspecified atom stereocenters. The summed E-state index contributed by atoms with van der Waals surface area (Å²) in [6, 6.07) is 24.7. The Labute approximate surface area is 173 Å². The molecule has 1 aliphatic heterocycles. The summed E-state index contributed by atoms with van der Waals surface area (Å²) in [6.45, 7) is 0.663. The number of aromatic nitrogens is 2. The second-order valence-electron chi connectivity index (χ2n) is 7.12. The first-order valence-electron chi connectivity index (χ1n) is 9.93. The molecule has 1 aromatic heterocycles. The van der Waals surface area contributed by atoms with Crippen LogP contribution >= 0.6 is 0 Å². The van der Waals surface area contributed by atoms with E-state index in [0.29, 0.717) is 23.3 Å². The smallest absolute Gasteiger partial charge is 0.261 e. The summed E-state index contributed by atoms with van der Waals surface area (Å²) in [5, 5.41) is 5.20. The van der Waals surface area contributed by atoms with Gasteiger partial charge < -0.3 is 4.74 Å². The predicted octanol–water partition coefficient (Wildman–Crippen LogP) is 4.80. The van der Waals surface area contributed by atoms with Gasteiger partial charge in [0.25, 0.3) is 5.56 Å². The SMILES string of the molecule is O=c1c2ccccc2nc2n1CCCC2=NNc1ccc(Oc2ccccc2)cc1. The van der Waals surface area contributed by atoms with Crippen molar-refractivity contribution in [1.82, 2.24) is 9.55 Å². The average Bonchev–Trinajstić information content (AvgIpc) is 2.80. The maximum atomic E-state index is 12.8. The van der Waals surface area contributed by atoms with E-state index < -0.39 is 0 Å². The fourth-order valence-corrected chi connectivity index (χ4v) is 3.57. The largest absolute Gasteiger partial charge is 0.457 e. The fourth-order valence-electron chi connectivity index (χ4n) is 3.57. The Balaban J connectivity index is 1.38. The van der Waals surface area contributed by atoms with E-state index in [4.69, 9.17) is 9.72 Å². The molecular weight excluding hydrogens is 376 g/mol. The number of hydrogen-bond donors (Lipinski definition) is 1. The second-order valence-corrected chi connectivity index (χ2v) is 7.12. The number of nitrogens with zero attached hydrogens (tertiary/aromatic N) is 3. The molecule has 2 heterocycles. The van der Waals surface area contributed by atoms with E-state index in [1.54, 1.807) is 4.57 Å². The zero-order chi connectivity index (χ0) is 20.3. The molecule has 1 aliphatic rings. The van der Waals surface area contributed by atoms with Crippen LogP contribution in [0.2, 0.25) is 0 Å². The third-order valence-corrected chi connectivity index (χ3v) is 5.07. The van der Waals surface area contributed by atoms with Crippen LogP contribution in [0.1, 0.15) is 18.7 Å². The third-order valence-electron chi connectivity index (χ3n) is 5.07. The van der Waals surface area contributed by atoms with Crippen molar-refractivity contribution in [2.45, 2.75) is 19.4 Å². The van der Waals surface area contributed by atoms with E-state index in [-0.39, 0.29) is 5.56 Å². The molecule has 6 heteroatoms. The van der Waals surface area contributed by atoms with Gasteiger partial charge in [-0.3, -0.25) is 14.8 Å². The normalized spacial score (nSPS) is 14.5. The van der Waals surface area contributed by atoms with Crippen molar-refractivity contribution >= 4 is 22.3 Å². The molecule has 0 amide bonds. The van der Waals surface area contributed by atoms with Gasteiger partial charge in [-0.15, -0.1) is 0 Å². The first-order valence-corrected chi connectivity index (χ1v) is 9.93. The van der Waals surface area contributed by atoms with Gasteiger partial charge in [0, 0.05) is 6.54 Å². The number of ether oxygens (including phenoxy) is 1. The van der Waals surface area contributed by atoms with Crippen molar-refractivity contribution in [3.05, 3.63) is 95.0 Å². The Morgan fingerprint density at radius 3 is 2.47 bits per heavy atom. The van der Waals surface area contributed by atoms with E-state index in [9.17, 15) is 4.79 Å². The van der Waals surface area contributed by atoms with E-state index in [2.05, 4.69) is 10.5 Å². The third kappa shape index (κ3) is 3.55. The summed E-state index contributed by atoms with van der Waals surface area (Å²) < 4.78 is 7.54. The molecule has 4 aromatic rings. The van der Waals surface area contributed by atoms with E-state index in [0.717, 1.165) is 35.7 Å². The van der Waals surface area contributed by atoms with Crippen LogP contribution in [0.3, 0.4) is 0 Å². The second kappa shape index (κ2) is 7.83. The first-order chi connectivity index (χ1) is 14.8. The van der Waals surface area contributed by atoms with Crippen molar-refractivity contribution in [3.8, 4) is 11.5 Å². The highest BCUT2D eigenvalue weighted by atomic mass is 16.5. The van der Waals surface area contributed by atoms with E-state index in [1.165, 1.54) is 0 Å². The van der Waals surface area contributed by atoms with Crippen molar-refractivity contribution in [2.24, 2.45) is 5.10 Å². The van der Waals surface area contributed by atoms with Crippen LogP contribution in [-0.4, -0.2) is 15.3 Å². The zero-order valence-electron chi connectivity index (χ0n) is 16.3. The summed E-state index contributed by atoms with van der Waals surface area (Å²) in [5.41, 5.74) is 5.40. The lowest BCUT2D eigenvalue weighted by molar-refractivity contribution is 0.483. The van der Waals surface area contributed by atoms with Crippen LogP contribution in [0.5, 0.6) is 11.5 Å². The minimum atomic E-state index is -0.00888. The fraction of sp³-hybridized carbons (Fsp3) is 0.125. The molecule has 0 fully saturated rings. The molecular formula is C24H20N4O2. The van der Waals surface area contributed by atoms with Crippen molar-refractivity contribution < 1.29 is 4.74 Å². The van der Waals surface area contributed by atoms with Gasteiger partial charge in [-0.25, -0.2) is 4.98 Å². The highest BCUT2D eigenvalue weighted by molar-refractivity contribution is 5.99. The van der Waals surface area contributed by atoms with Crippen molar-refractivity contribution in [1.29, 1.82) is 0 Å². The number of hydrazone groups is 1. The summed E-state index contributed by atoms with van der Waals surface area (Å²) in [7, 11) is 0. The van der Waals surface area contributed by atoms with Gasteiger partial charge in [0.1, 0.15) is 17.2 Å². The topological polar surface area (TPSA) is 68.5 Å². The molecule has 30 heavy (non-hydrogen) atoms. The molecule has 0 atom stereocenters. The molecule has 0 aliphatic carbocycles. The Morgan fingerprint density at radius 1 is 0.900 bits per heavy atom. The van der Waals surface area contributed by atoms with Gasteiger partial charge in [-0.05, 0) is 61.4 Å². The minimum Gasteiger partial charge on any atom is -0.457 e. The maximum absolute atomic E-state index is 12.8. The molecule has 3 aromatic carbocycles. The highest BCUT2D eigenvalue weighted by Crippen LogP contribution is 2.23. The number of para-hydroxylation sites is 2. The first kappa shape index (κ1) is 18.1. The molecule has 0 radical (unpaired) electrons. The van der Waals surface area contributed by atoms with Gasteiger partial charge in [0.2, 0.25) is 0 Å². The van der Waals surface area contributed by atoms with Crippen LogP contribution in [0.25, 0.3) is 10.9 Å². The van der Waals surface area contributed by atoms with Gasteiger partial charge in [0.15, 0.2) is 5.82 Å². The van der Waals surface area contributed by atoms with Gasteiger partial charge >= 0.3 is 0 Å². The molecule has 5 rings (SSSR count). The van der Waals surface area contributed by atoms with Crippen LogP contribution in [-0.2, 0) is 6.54 Å². The molecule has 148 valence electrons. The number of benzene rings is 3. The highest BCUT2D eigenvalue weighted by Gasteiger charge is 2.20. The number of nitrogens with one attached hydrogen (secondary N) is 1. The number of rotatable bonds is 4. The molecule has 0 saturated heterocycles. The van der Waals surface area contributed by atoms with Gasteiger partial charge in [-0.2, -0.15) is 5.10 Å². The van der Waals surface area contributed by atoms with Crippen LogP contribution in [0.15, 0.2) is 88.8 Å². The summed E-state index contributed by atoms with van der Waals surface area (Å²) in [4.78, 5) is 17.5. The Hall–Kier alpha value is -3.93. The molecule has 6 nitrogen and oxygen atoms in total. The van der Waals surface area contributed by atoms with Gasteiger partial charge in [0.05, 0.1) is 16.6 Å². The maximum Gasteiger partial charge on any atom is 0.261 e.